The van der Waals surface area contributed by atoms with E-state index in [1.54, 1.807) is 30.3 Å². The van der Waals surface area contributed by atoms with Crippen LogP contribution in [0.15, 0.2) is 72.8 Å². The number of anilines is 1. The van der Waals surface area contributed by atoms with Crippen LogP contribution in [-0.4, -0.2) is 64.2 Å². The van der Waals surface area contributed by atoms with Crippen molar-refractivity contribution in [2.24, 2.45) is 0 Å². The first kappa shape index (κ1) is 33.1. The van der Waals surface area contributed by atoms with Gasteiger partial charge in [0.2, 0.25) is 21.8 Å². The Morgan fingerprint density at radius 3 is 2.23 bits per heavy atom. The Labute approximate surface area is 265 Å². The van der Waals surface area contributed by atoms with Crippen molar-refractivity contribution in [3.05, 3.63) is 88.9 Å². The molecule has 1 fully saturated rings. The molecule has 3 aromatic rings. The number of nitrogens with one attached hydrogen (secondary N) is 1. The van der Waals surface area contributed by atoms with Gasteiger partial charge < -0.3 is 19.7 Å². The Bertz CT molecular complexity index is 1530. The number of nitrogens with zero attached hydrogens (tertiary/aromatic N) is 2. The van der Waals surface area contributed by atoms with Crippen LogP contribution in [0.3, 0.4) is 0 Å². The van der Waals surface area contributed by atoms with Crippen LogP contribution in [-0.2, 0) is 32.6 Å². The van der Waals surface area contributed by atoms with Crippen molar-refractivity contribution < 1.29 is 27.5 Å². The summed E-state index contributed by atoms with van der Waals surface area (Å²) in [4.78, 5) is 29.8. The van der Waals surface area contributed by atoms with Gasteiger partial charge in [-0.25, -0.2) is 8.42 Å². The van der Waals surface area contributed by atoms with Gasteiger partial charge >= 0.3 is 0 Å². The summed E-state index contributed by atoms with van der Waals surface area (Å²) in [6, 6.07) is 20.3. The Morgan fingerprint density at radius 2 is 1.59 bits per heavy atom. The average molecular weight is 642 g/mol. The molecule has 0 unspecified atom stereocenters. The monoisotopic (exact) mass is 641 g/mol. The fraction of sp³-hybridized carbons (Fsp3) is 0.394. The topological polar surface area (TPSA) is 105 Å². The summed E-state index contributed by atoms with van der Waals surface area (Å²) in [6.45, 7) is -0.477. The molecule has 0 heterocycles. The molecule has 0 bridgehead atoms. The molecular weight excluding hydrogens is 602 g/mol. The Hall–Kier alpha value is -3.76. The molecule has 1 atom stereocenters. The molecule has 0 aromatic heterocycles. The van der Waals surface area contributed by atoms with Crippen LogP contribution in [0.4, 0.5) is 5.69 Å². The molecule has 236 valence electrons. The third-order valence-corrected chi connectivity index (χ3v) is 9.17. The minimum atomic E-state index is -3.93. The number of ether oxygens (including phenoxy) is 2. The van der Waals surface area contributed by atoms with E-state index < -0.39 is 28.5 Å². The van der Waals surface area contributed by atoms with Crippen molar-refractivity contribution in [3.8, 4) is 11.5 Å². The van der Waals surface area contributed by atoms with Crippen molar-refractivity contribution >= 4 is 39.1 Å². The highest BCUT2D eigenvalue weighted by Gasteiger charge is 2.34. The van der Waals surface area contributed by atoms with E-state index in [1.807, 2.05) is 36.4 Å². The lowest BCUT2D eigenvalue weighted by Crippen LogP contribution is -2.55. The van der Waals surface area contributed by atoms with Crippen LogP contribution >= 0.6 is 11.6 Å². The van der Waals surface area contributed by atoms with E-state index >= 15 is 0 Å². The van der Waals surface area contributed by atoms with Gasteiger partial charge in [0.1, 0.15) is 12.6 Å². The lowest BCUT2D eigenvalue weighted by Gasteiger charge is -2.35. The number of halogens is 1. The number of benzene rings is 3. The predicted octanol–water partition coefficient (Wildman–Crippen LogP) is 5.21. The molecule has 1 aliphatic carbocycles. The van der Waals surface area contributed by atoms with Crippen molar-refractivity contribution in [1.29, 1.82) is 0 Å². The van der Waals surface area contributed by atoms with Crippen LogP contribution in [0.2, 0.25) is 5.02 Å². The Kier molecular flexibility index (Phi) is 11.5. The number of rotatable bonds is 13. The van der Waals surface area contributed by atoms with Crippen LogP contribution in [0.5, 0.6) is 11.5 Å². The van der Waals surface area contributed by atoms with Gasteiger partial charge in [0, 0.05) is 30.1 Å². The highest BCUT2D eigenvalue weighted by molar-refractivity contribution is 7.92. The van der Waals surface area contributed by atoms with Gasteiger partial charge in [-0.05, 0) is 48.2 Å². The summed E-state index contributed by atoms with van der Waals surface area (Å²) in [5.74, 6) is -0.0744. The third kappa shape index (κ3) is 8.89. The fourth-order valence-electron chi connectivity index (χ4n) is 5.52. The number of methoxy groups -OCH3 is 2. The van der Waals surface area contributed by atoms with E-state index in [0.29, 0.717) is 22.1 Å². The Balaban J connectivity index is 1.74. The molecule has 4 rings (SSSR count). The second-order valence-electron chi connectivity index (χ2n) is 11.0. The molecule has 0 saturated heterocycles. The second kappa shape index (κ2) is 15.3. The van der Waals surface area contributed by atoms with Crippen LogP contribution in [0, 0.1) is 0 Å². The quantitative estimate of drug-likeness (QED) is 0.275. The van der Waals surface area contributed by atoms with Crippen molar-refractivity contribution in [1.82, 2.24) is 10.2 Å². The zero-order valence-electron chi connectivity index (χ0n) is 25.4. The van der Waals surface area contributed by atoms with E-state index in [1.165, 1.54) is 25.2 Å². The molecule has 2 amide bonds. The van der Waals surface area contributed by atoms with Crippen molar-refractivity contribution in [2.45, 2.75) is 57.2 Å². The normalized spacial score (nSPS) is 14.4. The molecule has 9 nitrogen and oxygen atoms in total. The Morgan fingerprint density at radius 1 is 0.909 bits per heavy atom. The minimum Gasteiger partial charge on any atom is -0.493 e. The molecule has 44 heavy (non-hydrogen) atoms. The standard InChI is InChI=1S/C33H40ClN3O6S/c1-42-30-18-17-28(21-31(30)43-2)37(44(3,40)41)23-32(38)36(22-25-13-10-14-26(34)19-25)29(20-24-11-6-4-7-12-24)33(39)35-27-15-8-5-9-16-27/h4,6-7,10-14,17-19,21,27,29H,5,8-9,15-16,20,22-23H2,1-3H3,(H,35,39)/t29-/m0/s1. The summed E-state index contributed by atoms with van der Waals surface area (Å²) >= 11 is 6.29. The van der Waals surface area contributed by atoms with E-state index in [0.717, 1.165) is 48.2 Å². The maximum Gasteiger partial charge on any atom is 0.244 e. The first-order chi connectivity index (χ1) is 21.1. The van der Waals surface area contributed by atoms with E-state index in [2.05, 4.69) is 5.32 Å². The summed E-state index contributed by atoms with van der Waals surface area (Å²) < 4.78 is 37.9. The molecule has 1 N–H and O–H groups in total. The largest absolute Gasteiger partial charge is 0.493 e. The van der Waals surface area contributed by atoms with E-state index in [9.17, 15) is 18.0 Å². The first-order valence-corrected chi connectivity index (χ1v) is 16.9. The van der Waals surface area contributed by atoms with Gasteiger partial charge in [-0.3, -0.25) is 13.9 Å². The number of amides is 2. The molecular formula is C33H40ClN3O6S. The lowest BCUT2D eigenvalue weighted by molar-refractivity contribution is -0.140. The summed E-state index contributed by atoms with van der Waals surface area (Å²) in [6.07, 6.45) is 6.26. The molecule has 11 heteroatoms. The number of sulfonamides is 1. The summed E-state index contributed by atoms with van der Waals surface area (Å²) in [7, 11) is -1.00. The van der Waals surface area contributed by atoms with Crippen molar-refractivity contribution in [2.75, 3.05) is 31.3 Å². The molecule has 0 aliphatic heterocycles. The van der Waals surface area contributed by atoms with Gasteiger partial charge in [0.25, 0.3) is 0 Å². The van der Waals surface area contributed by atoms with Gasteiger partial charge in [0.15, 0.2) is 11.5 Å². The lowest BCUT2D eigenvalue weighted by atomic mass is 9.94. The minimum absolute atomic E-state index is 0.0249. The predicted molar refractivity (Wildman–Crippen MR) is 173 cm³/mol. The number of carbonyl (C=O) groups excluding carboxylic acids is 2. The van der Waals surface area contributed by atoms with Crippen LogP contribution in [0.25, 0.3) is 0 Å². The maximum absolute atomic E-state index is 14.3. The smallest absolute Gasteiger partial charge is 0.244 e. The summed E-state index contributed by atoms with van der Waals surface area (Å²) in [5.41, 5.74) is 1.82. The third-order valence-electron chi connectivity index (χ3n) is 7.80. The summed E-state index contributed by atoms with van der Waals surface area (Å²) in [5, 5.41) is 3.68. The fourth-order valence-corrected chi connectivity index (χ4v) is 6.58. The van der Waals surface area contributed by atoms with Crippen LogP contribution in [0.1, 0.15) is 43.2 Å². The molecule has 3 aromatic carbocycles. The van der Waals surface area contributed by atoms with Crippen LogP contribution < -0.4 is 19.1 Å². The first-order valence-electron chi connectivity index (χ1n) is 14.7. The zero-order chi connectivity index (χ0) is 31.7. The highest BCUT2D eigenvalue weighted by Crippen LogP contribution is 2.32. The molecule has 0 spiro atoms. The van der Waals surface area contributed by atoms with Crippen molar-refractivity contribution in [3.63, 3.8) is 0 Å². The van der Waals surface area contributed by atoms with E-state index in [-0.39, 0.29) is 30.6 Å². The van der Waals surface area contributed by atoms with Gasteiger partial charge in [-0.2, -0.15) is 0 Å². The van der Waals surface area contributed by atoms with Gasteiger partial charge in [-0.1, -0.05) is 73.3 Å². The van der Waals surface area contributed by atoms with Gasteiger partial charge in [-0.15, -0.1) is 0 Å². The molecule has 1 saturated carbocycles. The number of carbonyl (C=O) groups is 2. The SMILES string of the molecule is COc1ccc(N(CC(=O)N(Cc2cccc(Cl)c2)[C@@H](Cc2ccccc2)C(=O)NC2CCCCC2)S(C)(=O)=O)cc1OC. The highest BCUT2D eigenvalue weighted by atomic mass is 35.5. The molecule has 0 radical (unpaired) electrons. The van der Waals surface area contributed by atoms with E-state index in [4.69, 9.17) is 21.1 Å². The molecule has 1 aliphatic rings. The van der Waals surface area contributed by atoms with Gasteiger partial charge in [0.05, 0.1) is 26.2 Å². The zero-order valence-corrected chi connectivity index (χ0v) is 26.9. The second-order valence-corrected chi connectivity index (χ2v) is 13.4. The number of hydrogen-bond acceptors (Lipinski definition) is 6. The maximum atomic E-state index is 14.3. The number of hydrogen-bond donors (Lipinski definition) is 1. The average Bonchev–Trinajstić information content (AvgIpc) is 3.01.